The maximum Gasteiger partial charge on any atom is 0.359 e. The number of halogens is 1. The summed E-state index contributed by atoms with van der Waals surface area (Å²) in [4.78, 5) is 12.5. The molecule has 0 atom stereocenters. The first-order valence-corrected chi connectivity index (χ1v) is 8.96. The molecule has 1 N–H and O–H groups in total. The standard InChI is InChI=1S/C23H18FNO3/c1-2-28-23(27)21-22(26)19(24)20(25(21)18-10-4-3-5-11-18)17-13-12-15-8-6-7-9-16(15)14-17/h3-14,26H,2H2,1H3. The zero-order valence-electron chi connectivity index (χ0n) is 15.2. The normalized spacial score (nSPS) is 10.9. The largest absolute Gasteiger partial charge is 0.503 e. The summed E-state index contributed by atoms with van der Waals surface area (Å²) >= 11 is 0. The molecule has 4 nitrogen and oxygen atoms in total. The van der Waals surface area contributed by atoms with Crippen molar-refractivity contribution in [3.63, 3.8) is 0 Å². The summed E-state index contributed by atoms with van der Waals surface area (Å²) < 4.78 is 21.6. The van der Waals surface area contributed by atoms with E-state index in [4.69, 9.17) is 4.74 Å². The maximum atomic E-state index is 15.2. The van der Waals surface area contributed by atoms with Gasteiger partial charge in [0.1, 0.15) is 0 Å². The quantitative estimate of drug-likeness (QED) is 0.491. The molecule has 5 heteroatoms. The second kappa shape index (κ2) is 7.19. The minimum absolute atomic E-state index is 0.109. The summed E-state index contributed by atoms with van der Waals surface area (Å²) in [5.41, 5.74) is 0.977. The van der Waals surface area contributed by atoms with Crippen LogP contribution in [-0.2, 0) is 4.74 Å². The van der Waals surface area contributed by atoms with E-state index in [1.54, 1.807) is 37.3 Å². The fourth-order valence-corrected chi connectivity index (χ4v) is 3.35. The highest BCUT2D eigenvalue weighted by atomic mass is 19.1. The molecule has 0 amide bonds. The Morgan fingerprint density at radius 3 is 2.39 bits per heavy atom. The van der Waals surface area contributed by atoms with Crippen LogP contribution in [-0.4, -0.2) is 22.2 Å². The molecule has 1 heterocycles. The van der Waals surface area contributed by atoms with Gasteiger partial charge in [-0.2, -0.15) is 0 Å². The molecular formula is C23H18FNO3. The van der Waals surface area contributed by atoms with Crippen molar-refractivity contribution >= 4 is 16.7 Å². The van der Waals surface area contributed by atoms with Crippen LogP contribution in [0.25, 0.3) is 27.7 Å². The second-order valence-corrected chi connectivity index (χ2v) is 6.31. The van der Waals surface area contributed by atoms with Crippen molar-refractivity contribution in [3.8, 4) is 22.7 Å². The lowest BCUT2D eigenvalue weighted by Gasteiger charge is -2.13. The lowest BCUT2D eigenvalue weighted by molar-refractivity contribution is 0.0513. The molecule has 28 heavy (non-hydrogen) atoms. The number of ether oxygens (including phenoxy) is 1. The number of para-hydroxylation sites is 1. The van der Waals surface area contributed by atoms with Crippen LogP contribution in [0.1, 0.15) is 17.4 Å². The van der Waals surface area contributed by atoms with Crippen LogP contribution in [0.15, 0.2) is 72.8 Å². The van der Waals surface area contributed by atoms with Crippen LogP contribution in [0.4, 0.5) is 4.39 Å². The Balaban J connectivity index is 2.03. The average molecular weight is 375 g/mol. The third kappa shape index (κ3) is 2.91. The molecule has 0 spiro atoms. The Kier molecular flexibility index (Phi) is 4.57. The number of nitrogens with zero attached hydrogens (tertiary/aromatic N) is 1. The van der Waals surface area contributed by atoms with Gasteiger partial charge in [0, 0.05) is 11.3 Å². The molecule has 0 fully saturated rings. The minimum atomic E-state index is -0.859. The number of benzene rings is 3. The van der Waals surface area contributed by atoms with Gasteiger partial charge in [0.2, 0.25) is 0 Å². The predicted molar refractivity (Wildman–Crippen MR) is 106 cm³/mol. The average Bonchev–Trinajstić information content (AvgIpc) is 2.99. The summed E-state index contributed by atoms with van der Waals surface area (Å²) in [6, 6.07) is 22.1. The molecule has 0 radical (unpaired) electrons. The second-order valence-electron chi connectivity index (χ2n) is 6.31. The summed E-state index contributed by atoms with van der Waals surface area (Å²) in [5.74, 6) is -2.36. The number of fused-ring (bicyclic) bond motifs is 1. The van der Waals surface area contributed by atoms with Crippen molar-refractivity contribution in [2.45, 2.75) is 6.92 Å². The summed E-state index contributed by atoms with van der Waals surface area (Å²) in [6.07, 6.45) is 0. The number of hydrogen-bond donors (Lipinski definition) is 1. The predicted octanol–water partition coefficient (Wildman–Crippen LogP) is 5.32. The molecule has 4 aromatic rings. The smallest absolute Gasteiger partial charge is 0.359 e. The van der Waals surface area contributed by atoms with Crippen molar-refractivity contribution in [2.24, 2.45) is 0 Å². The highest BCUT2D eigenvalue weighted by Crippen LogP contribution is 2.38. The molecule has 0 aliphatic carbocycles. The molecule has 0 bridgehead atoms. The number of carbonyl (C=O) groups is 1. The van der Waals surface area contributed by atoms with Gasteiger partial charge in [0.05, 0.1) is 12.3 Å². The third-order valence-corrected chi connectivity index (χ3v) is 4.59. The lowest BCUT2D eigenvalue weighted by atomic mass is 10.0. The number of aromatic hydroxyl groups is 1. The first-order valence-electron chi connectivity index (χ1n) is 8.96. The lowest BCUT2D eigenvalue weighted by Crippen LogP contribution is -2.12. The molecule has 0 aliphatic rings. The Labute approximate surface area is 161 Å². The van der Waals surface area contributed by atoms with Gasteiger partial charge in [0.15, 0.2) is 17.3 Å². The number of hydrogen-bond acceptors (Lipinski definition) is 3. The van der Waals surface area contributed by atoms with E-state index in [9.17, 15) is 9.90 Å². The highest BCUT2D eigenvalue weighted by Gasteiger charge is 2.30. The molecule has 3 aromatic carbocycles. The van der Waals surface area contributed by atoms with E-state index in [-0.39, 0.29) is 18.0 Å². The van der Waals surface area contributed by atoms with Crippen LogP contribution >= 0.6 is 0 Å². The van der Waals surface area contributed by atoms with Gasteiger partial charge in [-0.05, 0) is 35.9 Å². The highest BCUT2D eigenvalue weighted by molar-refractivity contribution is 5.95. The van der Waals surface area contributed by atoms with Crippen LogP contribution in [0.5, 0.6) is 5.75 Å². The molecule has 4 rings (SSSR count). The number of aromatic nitrogens is 1. The van der Waals surface area contributed by atoms with E-state index in [1.807, 2.05) is 42.5 Å². The van der Waals surface area contributed by atoms with E-state index >= 15 is 4.39 Å². The molecule has 0 unspecified atom stereocenters. The Morgan fingerprint density at radius 2 is 1.68 bits per heavy atom. The van der Waals surface area contributed by atoms with Gasteiger partial charge >= 0.3 is 5.97 Å². The van der Waals surface area contributed by atoms with E-state index in [1.165, 1.54) is 4.57 Å². The van der Waals surface area contributed by atoms with Crippen molar-refractivity contribution in [1.29, 1.82) is 0 Å². The van der Waals surface area contributed by atoms with Crippen molar-refractivity contribution < 1.29 is 19.0 Å². The van der Waals surface area contributed by atoms with Gasteiger partial charge in [0.25, 0.3) is 0 Å². The van der Waals surface area contributed by atoms with E-state index in [0.717, 1.165) is 10.8 Å². The first-order chi connectivity index (χ1) is 13.6. The Bertz CT molecular complexity index is 1170. The number of rotatable bonds is 4. The minimum Gasteiger partial charge on any atom is -0.503 e. The van der Waals surface area contributed by atoms with Gasteiger partial charge < -0.3 is 9.84 Å². The van der Waals surface area contributed by atoms with Crippen molar-refractivity contribution in [2.75, 3.05) is 6.61 Å². The van der Waals surface area contributed by atoms with Crippen LogP contribution in [0.2, 0.25) is 0 Å². The molecule has 140 valence electrons. The van der Waals surface area contributed by atoms with Crippen LogP contribution in [0, 0.1) is 5.82 Å². The first kappa shape index (κ1) is 17.8. The van der Waals surface area contributed by atoms with E-state index in [0.29, 0.717) is 11.3 Å². The van der Waals surface area contributed by atoms with E-state index in [2.05, 4.69) is 0 Å². The Hall–Kier alpha value is -3.60. The zero-order valence-corrected chi connectivity index (χ0v) is 15.2. The SMILES string of the molecule is CCOC(=O)c1c(O)c(F)c(-c2ccc3ccccc3c2)n1-c1ccccc1. The van der Waals surface area contributed by atoms with Crippen LogP contribution in [0.3, 0.4) is 0 Å². The molecule has 1 aromatic heterocycles. The molecule has 0 saturated heterocycles. The topological polar surface area (TPSA) is 51.5 Å². The summed E-state index contributed by atoms with van der Waals surface area (Å²) in [6.45, 7) is 1.77. The molecule has 0 aliphatic heterocycles. The third-order valence-electron chi connectivity index (χ3n) is 4.59. The number of carbonyl (C=O) groups excluding carboxylic acids is 1. The molecular weight excluding hydrogens is 357 g/mol. The summed E-state index contributed by atoms with van der Waals surface area (Å²) in [7, 11) is 0. The Morgan fingerprint density at radius 1 is 1.00 bits per heavy atom. The van der Waals surface area contributed by atoms with E-state index < -0.39 is 17.5 Å². The van der Waals surface area contributed by atoms with Crippen LogP contribution < -0.4 is 0 Å². The van der Waals surface area contributed by atoms with Crippen molar-refractivity contribution in [1.82, 2.24) is 4.57 Å². The fourth-order valence-electron chi connectivity index (χ4n) is 3.35. The monoisotopic (exact) mass is 375 g/mol. The van der Waals surface area contributed by atoms with Crippen molar-refractivity contribution in [3.05, 3.63) is 84.3 Å². The summed E-state index contributed by atoms with van der Waals surface area (Å²) in [5, 5.41) is 12.4. The maximum absolute atomic E-state index is 15.2. The fraction of sp³-hybridized carbons (Fsp3) is 0.0870. The van der Waals surface area contributed by atoms with Gasteiger partial charge in [-0.1, -0.05) is 54.6 Å². The molecule has 0 saturated carbocycles. The zero-order chi connectivity index (χ0) is 19.7. The number of esters is 1. The van der Waals surface area contributed by atoms with Gasteiger partial charge in [-0.3, -0.25) is 4.57 Å². The van der Waals surface area contributed by atoms with Gasteiger partial charge in [-0.15, -0.1) is 0 Å². The van der Waals surface area contributed by atoms with Gasteiger partial charge in [-0.25, -0.2) is 9.18 Å².